The summed E-state index contributed by atoms with van der Waals surface area (Å²) in [6.45, 7) is 2.11. The highest BCUT2D eigenvalue weighted by Gasteiger charge is 2.22. The molecule has 7 nitrogen and oxygen atoms in total. The first kappa shape index (κ1) is 18.0. The molecule has 1 amide bonds. The summed E-state index contributed by atoms with van der Waals surface area (Å²) in [5.41, 5.74) is 1.33. The van der Waals surface area contributed by atoms with Gasteiger partial charge in [0.15, 0.2) is 0 Å². The number of anilines is 3. The standard InChI is InChI=1S/C15H17ClN4O3S/c1-2-8-18-15(21)24(22,23)20-14-10-17-9-7-13(14)19-12-5-3-11(16)4-6-12/h3-7,9-10,20H,2,8H2,1H3,(H,17,19)(H,18,21). The minimum atomic E-state index is -4.21. The third-order valence-electron chi connectivity index (χ3n) is 2.95. The Balaban J connectivity index is 2.19. The van der Waals surface area contributed by atoms with Gasteiger partial charge in [0.05, 0.1) is 17.6 Å². The van der Waals surface area contributed by atoms with E-state index in [-0.39, 0.29) is 12.2 Å². The molecule has 2 rings (SSSR count). The Hall–Kier alpha value is -2.32. The van der Waals surface area contributed by atoms with Crippen molar-refractivity contribution in [1.29, 1.82) is 0 Å². The molecule has 0 spiro atoms. The van der Waals surface area contributed by atoms with E-state index in [2.05, 4.69) is 20.3 Å². The van der Waals surface area contributed by atoms with Crippen LogP contribution in [0.1, 0.15) is 13.3 Å². The molecule has 128 valence electrons. The number of nitrogens with one attached hydrogen (secondary N) is 3. The number of rotatable bonds is 6. The smallest absolute Gasteiger partial charge is 0.354 e. The van der Waals surface area contributed by atoms with Crippen LogP contribution in [0.2, 0.25) is 5.02 Å². The Morgan fingerprint density at radius 3 is 2.54 bits per heavy atom. The molecule has 1 aromatic heterocycles. The molecule has 2 aromatic rings. The summed E-state index contributed by atoms with van der Waals surface area (Å²) in [4.78, 5) is 15.6. The van der Waals surface area contributed by atoms with Crippen LogP contribution >= 0.6 is 11.6 Å². The Morgan fingerprint density at radius 2 is 1.88 bits per heavy atom. The van der Waals surface area contributed by atoms with Crippen molar-refractivity contribution in [1.82, 2.24) is 10.3 Å². The minimum absolute atomic E-state index is 0.166. The molecule has 0 saturated carbocycles. The number of carbonyl (C=O) groups is 1. The molecule has 0 aliphatic heterocycles. The fourth-order valence-corrected chi connectivity index (χ4v) is 2.75. The summed E-state index contributed by atoms with van der Waals surface area (Å²) in [5.74, 6) is 0. The van der Waals surface area contributed by atoms with Crippen molar-refractivity contribution in [2.45, 2.75) is 13.3 Å². The molecule has 0 atom stereocenters. The van der Waals surface area contributed by atoms with Gasteiger partial charge in [0.1, 0.15) is 0 Å². The summed E-state index contributed by atoms with van der Waals surface area (Å²) < 4.78 is 26.4. The van der Waals surface area contributed by atoms with Gasteiger partial charge in [0.2, 0.25) is 0 Å². The minimum Gasteiger partial charge on any atom is -0.354 e. The first-order chi connectivity index (χ1) is 11.4. The third kappa shape index (κ3) is 4.84. The van der Waals surface area contributed by atoms with Crippen molar-refractivity contribution in [3.05, 3.63) is 47.7 Å². The van der Waals surface area contributed by atoms with E-state index >= 15 is 0 Å². The first-order valence-electron chi connectivity index (χ1n) is 7.19. The van der Waals surface area contributed by atoms with Crippen LogP contribution in [0.15, 0.2) is 42.7 Å². The predicted molar refractivity (Wildman–Crippen MR) is 95.2 cm³/mol. The number of nitrogens with zero attached hydrogens (tertiary/aromatic N) is 1. The lowest BCUT2D eigenvalue weighted by molar-refractivity contribution is 0.258. The van der Waals surface area contributed by atoms with Crippen LogP contribution in [-0.2, 0) is 10.0 Å². The van der Waals surface area contributed by atoms with E-state index in [1.165, 1.54) is 12.4 Å². The Labute approximate surface area is 145 Å². The molecular weight excluding hydrogens is 352 g/mol. The fraction of sp³-hybridized carbons (Fsp3) is 0.200. The summed E-state index contributed by atoms with van der Waals surface area (Å²) in [6, 6.07) is 8.49. The largest absolute Gasteiger partial charge is 0.357 e. The van der Waals surface area contributed by atoms with Crippen molar-refractivity contribution in [2.24, 2.45) is 0 Å². The Bertz CT molecular complexity index is 810. The van der Waals surface area contributed by atoms with Gasteiger partial charge < -0.3 is 10.6 Å². The zero-order chi connectivity index (χ0) is 17.6. The number of amides is 1. The van der Waals surface area contributed by atoms with E-state index in [9.17, 15) is 13.2 Å². The van der Waals surface area contributed by atoms with E-state index in [0.29, 0.717) is 22.8 Å². The molecule has 0 radical (unpaired) electrons. The number of hydrogen-bond acceptors (Lipinski definition) is 5. The molecule has 0 bridgehead atoms. The third-order valence-corrected chi connectivity index (χ3v) is 4.33. The molecule has 9 heteroatoms. The van der Waals surface area contributed by atoms with Crippen LogP contribution in [0.3, 0.4) is 0 Å². The molecule has 0 aliphatic rings. The predicted octanol–water partition coefficient (Wildman–Crippen LogP) is 3.34. The van der Waals surface area contributed by atoms with Gasteiger partial charge in [-0.25, -0.2) is 0 Å². The van der Waals surface area contributed by atoms with Gasteiger partial charge in [-0.2, -0.15) is 8.42 Å². The topological polar surface area (TPSA) is 100 Å². The van der Waals surface area contributed by atoms with Gasteiger partial charge in [0, 0.05) is 23.5 Å². The first-order valence-corrected chi connectivity index (χ1v) is 9.05. The lowest BCUT2D eigenvalue weighted by Gasteiger charge is -2.13. The number of hydrogen-bond donors (Lipinski definition) is 3. The second-order valence-electron chi connectivity index (χ2n) is 4.87. The van der Waals surface area contributed by atoms with Crippen molar-refractivity contribution < 1.29 is 13.2 Å². The second-order valence-corrected chi connectivity index (χ2v) is 6.89. The van der Waals surface area contributed by atoms with E-state index in [4.69, 9.17) is 11.6 Å². The maximum atomic E-state index is 12.1. The highest BCUT2D eigenvalue weighted by molar-refractivity contribution is 8.07. The summed E-state index contributed by atoms with van der Waals surface area (Å²) in [6.07, 6.45) is 3.47. The molecule has 1 aromatic carbocycles. The van der Waals surface area contributed by atoms with Crippen molar-refractivity contribution >= 4 is 43.9 Å². The average molecular weight is 369 g/mol. The van der Waals surface area contributed by atoms with Gasteiger partial charge in [0.25, 0.3) is 0 Å². The number of halogens is 1. The molecule has 0 unspecified atom stereocenters. The highest BCUT2D eigenvalue weighted by Crippen LogP contribution is 2.26. The molecule has 0 aliphatic carbocycles. The molecule has 0 saturated heterocycles. The lowest BCUT2D eigenvalue weighted by Crippen LogP contribution is -2.34. The van der Waals surface area contributed by atoms with Gasteiger partial charge >= 0.3 is 15.3 Å². The molecule has 24 heavy (non-hydrogen) atoms. The molecular formula is C15H17ClN4O3S. The summed E-state index contributed by atoms with van der Waals surface area (Å²) >= 11 is 5.84. The number of pyridine rings is 1. The summed E-state index contributed by atoms with van der Waals surface area (Å²) in [7, 11) is -4.21. The van der Waals surface area contributed by atoms with E-state index < -0.39 is 15.3 Å². The van der Waals surface area contributed by atoms with Gasteiger partial charge in [-0.15, -0.1) is 0 Å². The van der Waals surface area contributed by atoms with Gasteiger partial charge in [-0.05, 0) is 36.8 Å². The van der Waals surface area contributed by atoms with Gasteiger partial charge in [-0.3, -0.25) is 14.5 Å². The van der Waals surface area contributed by atoms with Crippen LogP contribution in [0.25, 0.3) is 0 Å². The van der Waals surface area contributed by atoms with Crippen molar-refractivity contribution in [3.63, 3.8) is 0 Å². The summed E-state index contributed by atoms with van der Waals surface area (Å²) in [5, 5.41) is 4.88. The molecule has 3 N–H and O–H groups in total. The Morgan fingerprint density at radius 1 is 1.17 bits per heavy atom. The van der Waals surface area contributed by atoms with Crippen LogP contribution in [0.5, 0.6) is 0 Å². The van der Waals surface area contributed by atoms with Crippen LogP contribution in [-0.4, -0.2) is 25.2 Å². The number of sulfonamides is 1. The lowest BCUT2D eigenvalue weighted by atomic mass is 10.3. The number of benzene rings is 1. The van der Waals surface area contributed by atoms with E-state index in [0.717, 1.165) is 0 Å². The zero-order valence-electron chi connectivity index (χ0n) is 12.9. The normalized spacial score (nSPS) is 10.9. The average Bonchev–Trinajstić information content (AvgIpc) is 2.56. The molecule has 0 fully saturated rings. The van der Waals surface area contributed by atoms with E-state index in [1.807, 2.05) is 6.92 Å². The van der Waals surface area contributed by atoms with Crippen LogP contribution in [0, 0.1) is 0 Å². The Kier molecular flexibility index (Phi) is 5.99. The van der Waals surface area contributed by atoms with Crippen molar-refractivity contribution in [2.75, 3.05) is 16.6 Å². The fourth-order valence-electron chi connectivity index (χ4n) is 1.79. The maximum Gasteiger partial charge on any atom is 0.357 e. The number of carbonyl (C=O) groups excluding carboxylic acids is 1. The van der Waals surface area contributed by atoms with Crippen LogP contribution < -0.4 is 15.4 Å². The number of aromatic nitrogens is 1. The monoisotopic (exact) mass is 368 g/mol. The van der Waals surface area contributed by atoms with Crippen LogP contribution in [0.4, 0.5) is 21.9 Å². The van der Waals surface area contributed by atoms with E-state index in [1.54, 1.807) is 30.3 Å². The zero-order valence-corrected chi connectivity index (χ0v) is 14.5. The maximum absolute atomic E-state index is 12.1. The SMILES string of the molecule is CCCNC(=O)S(=O)(=O)Nc1cnccc1Nc1ccc(Cl)cc1. The quantitative estimate of drug-likeness (QED) is 0.726. The second kappa shape index (κ2) is 7.98. The van der Waals surface area contributed by atoms with Gasteiger partial charge in [-0.1, -0.05) is 18.5 Å². The highest BCUT2D eigenvalue weighted by atomic mass is 35.5. The van der Waals surface area contributed by atoms with Crippen molar-refractivity contribution in [3.8, 4) is 0 Å². The molecule has 1 heterocycles.